The summed E-state index contributed by atoms with van der Waals surface area (Å²) >= 11 is 0. The van der Waals surface area contributed by atoms with Gasteiger partial charge in [-0.25, -0.2) is 0 Å². The Labute approximate surface area is 177 Å². The van der Waals surface area contributed by atoms with Gasteiger partial charge in [-0.3, -0.25) is 9.59 Å². The van der Waals surface area contributed by atoms with E-state index in [-0.39, 0.29) is 18.1 Å². The zero-order chi connectivity index (χ0) is 22.2. The van der Waals surface area contributed by atoms with E-state index < -0.39 is 17.3 Å². The van der Waals surface area contributed by atoms with E-state index in [2.05, 4.69) is 5.32 Å². The van der Waals surface area contributed by atoms with E-state index in [0.29, 0.717) is 50.1 Å². The molecule has 1 aliphatic carbocycles. The van der Waals surface area contributed by atoms with Crippen LogP contribution in [0.15, 0.2) is 42.5 Å². The van der Waals surface area contributed by atoms with Crippen LogP contribution in [0.25, 0.3) is 0 Å². The molecule has 4 rings (SSSR count). The number of carbonyl (C=O) groups excluding carboxylic acids is 2. The predicted molar refractivity (Wildman–Crippen MR) is 110 cm³/mol. The number of amides is 1. The second-order valence-corrected chi connectivity index (χ2v) is 8.36. The minimum atomic E-state index is -4.37. The van der Waals surface area contributed by atoms with Crippen LogP contribution >= 0.6 is 0 Å². The maximum absolute atomic E-state index is 12.7. The highest BCUT2D eigenvalue weighted by Crippen LogP contribution is 2.33. The first-order chi connectivity index (χ1) is 14.6. The second-order valence-electron chi connectivity index (χ2n) is 8.36. The van der Waals surface area contributed by atoms with Gasteiger partial charge in [0, 0.05) is 37.3 Å². The molecule has 31 heavy (non-hydrogen) atoms. The molecule has 2 N–H and O–H groups in total. The summed E-state index contributed by atoms with van der Waals surface area (Å²) in [6.07, 6.45) is -2.96. The van der Waals surface area contributed by atoms with Crippen molar-refractivity contribution >= 4 is 23.1 Å². The Hall–Kier alpha value is -2.87. The predicted octanol–water partition coefficient (Wildman–Crippen LogP) is 3.73. The molecule has 1 saturated heterocycles. The third-order valence-electron chi connectivity index (χ3n) is 6.01. The fourth-order valence-corrected chi connectivity index (χ4v) is 4.25. The smallest absolute Gasteiger partial charge is 0.389 e. The van der Waals surface area contributed by atoms with Gasteiger partial charge < -0.3 is 15.3 Å². The lowest BCUT2D eigenvalue weighted by molar-refractivity contribution is -0.137. The lowest BCUT2D eigenvalue weighted by Gasteiger charge is -2.39. The number of carbonyl (C=O) groups is 2. The van der Waals surface area contributed by atoms with Crippen LogP contribution < -0.4 is 10.2 Å². The van der Waals surface area contributed by atoms with Gasteiger partial charge in [-0.15, -0.1) is 0 Å². The number of nitrogens with one attached hydrogen (secondary N) is 1. The Kier molecular flexibility index (Phi) is 5.51. The van der Waals surface area contributed by atoms with Crippen molar-refractivity contribution in [2.75, 3.05) is 23.3 Å². The lowest BCUT2D eigenvalue weighted by atomic mass is 9.87. The SMILES string of the molecule is O=C1Cc2ccc(NC(=O)CC3(O)CCN(c4ccc(C(F)(F)F)cc4)CC3)cc2C1. The second kappa shape index (κ2) is 8.00. The van der Waals surface area contributed by atoms with E-state index in [1.54, 1.807) is 12.1 Å². The highest BCUT2D eigenvalue weighted by molar-refractivity contribution is 5.93. The summed E-state index contributed by atoms with van der Waals surface area (Å²) in [5, 5.41) is 13.6. The van der Waals surface area contributed by atoms with Crippen LogP contribution in [0, 0.1) is 0 Å². The number of fused-ring (bicyclic) bond motifs is 1. The van der Waals surface area contributed by atoms with Gasteiger partial charge >= 0.3 is 6.18 Å². The average molecular weight is 432 g/mol. The molecule has 2 aromatic carbocycles. The molecular weight excluding hydrogens is 409 g/mol. The maximum atomic E-state index is 12.7. The normalized spacial score (nSPS) is 18.1. The van der Waals surface area contributed by atoms with Gasteiger partial charge in [-0.1, -0.05) is 6.07 Å². The molecule has 0 saturated carbocycles. The molecule has 0 bridgehead atoms. The number of alkyl halides is 3. The molecule has 1 amide bonds. The van der Waals surface area contributed by atoms with Gasteiger partial charge in [0.1, 0.15) is 5.78 Å². The lowest BCUT2D eigenvalue weighted by Crippen LogP contribution is -2.46. The Morgan fingerprint density at radius 1 is 1.03 bits per heavy atom. The molecule has 8 heteroatoms. The number of halogens is 3. The number of hydrogen-bond acceptors (Lipinski definition) is 4. The van der Waals surface area contributed by atoms with E-state index in [9.17, 15) is 27.9 Å². The summed E-state index contributed by atoms with van der Waals surface area (Å²) in [7, 11) is 0. The van der Waals surface area contributed by atoms with Gasteiger partial charge in [-0.2, -0.15) is 13.2 Å². The largest absolute Gasteiger partial charge is 0.416 e. The third kappa shape index (κ3) is 4.90. The minimum absolute atomic E-state index is 0.0656. The Balaban J connectivity index is 1.32. The van der Waals surface area contributed by atoms with Crippen LogP contribution in [0.2, 0.25) is 0 Å². The zero-order valence-electron chi connectivity index (χ0n) is 16.8. The zero-order valence-corrected chi connectivity index (χ0v) is 16.8. The Morgan fingerprint density at radius 3 is 2.32 bits per heavy atom. The van der Waals surface area contributed by atoms with E-state index in [1.807, 2.05) is 11.0 Å². The van der Waals surface area contributed by atoms with Crippen LogP contribution in [0.5, 0.6) is 0 Å². The number of Topliss-reactive ketones (excluding diaryl/α,β-unsaturated/α-hetero) is 1. The van der Waals surface area contributed by atoms with E-state index in [4.69, 9.17) is 0 Å². The van der Waals surface area contributed by atoms with Crippen molar-refractivity contribution in [3.63, 3.8) is 0 Å². The number of nitrogens with zero attached hydrogens (tertiary/aromatic N) is 1. The quantitative estimate of drug-likeness (QED) is 0.773. The van der Waals surface area contributed by atoms with E-state index in [0.717, 1.165) is 23.3 Å². The molecule has 1 aliphatic heterocycles. The Morgan fingerprint density at radius 2 is 1.68 bits per heavy atom. The van der Waals surface area contributed by atoms with E-state index >= 15 is 0 Å². The number of hydrogen-bond donors (Lipinski definition) is 2. The van der Waals surface area contributed by atoms with Crippen LogP contribution in [0.3, 0.4) is 0 Å². The van der Waals surface area contributed by atoms with Crippen LogP contribution in [-0.2, 0) is 28.6 Å². The molecule has 2 aliphatic rings. The van der Waals surface area contributed by atoms with Gasteiger partial charge in [0.2, 0.25) is 5.91 Å². The summed E-state index contributed by atoms with van der Waals surface area (Å²) in [6, 6.07) is 10.4. The molecule has 0 aromatic heterocycles. The van der Waals surface area contributed by atoms with Crippen molar-refractivity contribution in [1.82, 2.24) is 0 Å². The van der Waals surface area contributed by atoms with Gasteiger partial charge in [-0.05, 0) is 60.4 Å². The molecular formula is C23H23F3N2O3. The fourth-order valence-electron chi connectivity index (χ4n) is 4.25. The molecule has 0 unspecified atom stereocenters. The first-order valence-corrected chi connectivity index (χ1v) is 10.2. The van der Waals surface area contributed by atoms with Crippen molar-refractivity contribution in [2.45, 2.75) is 43.9 Å². The fraction of sp³-hybridized carbons (Fsp3) is 0.391. The number of benzene rings is 2. The summed E-state index contributed by atoms with van der Waals surface area (Å²) in [5.41, 5.74) is 1.30. The van der Waals surface area contributed by atoms with Gasteiger partial charge in [0.15, 0.2) is 0 Å². The monoisotopic (exact) mass is 432 g/mol. The van der Waals surface area contributed by atoms with E-state index in [1.165, 1.54) is 12.1 Å². The molecule has 0 atom stereocenters. The van der Waals surface area contributed by atoms with Crippen molar-refractivity contribution in [3.05, 3.63) is 59.2 Å². The molecule has 1 fully saturated rings. The average Bonchev–Trinajstić information content (AvgIpc) is 3.07. The van der Waals surface area contributed by atoms with Crippen molar-refractivity contribution in [1.29, 1.82) is 0 Å². The highest BCUT2D eigenvalue weighted by Gasteiger charge is 2.35. The molecule has 0 radical (unpaired) electrons. The summed E-state index contributed by atoms with van der Waals surface area (Å²) < 4.78 is 38.2. The molecule has 2 aromatic rings. The topological polar surface area (TPSA) is 69.6 Å². The molecule has 0 spiro atoms. The van der Waals surface area contributed by atoms with Crippen molar-refractivity contribution in [2.24, 2.45) is 0 Å². The maximum Gasteiger partial charge on any atom is 0.416 e. The molecule has 5 nitrogen and oxygen atoms in total. The van der Waals surface area contributed by atoms with Crippen LogP contribution in [-0.4, -0.2) is 35.5 Å². The number of piperidine rings is 1. The van der Waals surface area contributed by atoms with Crippen LogP contribution in [0.1, 0.15) is 36.0 Å². The van der Waals surface area contributed by atoms with Crippen molar-refractivity contribution in [3.8, 4) is 0 Å². The van der Waals surface area contributed by atoms with Gasteiger partial charge in [0.25, 0.3) is 0 Å². The third-order valence-corrected chi connectivity index (χ3v) is 6.01. The molecule has 164 valence electrons. The van der Waals surface area contributed by atoms with Crippen molar-refractivity contribution < 1.29 is 27.9 Å². The first kappa shape index (κ1) is 21.4. The first-order valence-electron chi connectivity index (χ1n) is 10.2. The van der Waals surface area contributed by atoms with Gasteiger partial charge in [0.05, 0.1) is 17.6 Å². The number of rotatable bonds is 4. The summed E-state index contributed by atoms with van der Waals surface area (Å²) in [4.78, 5) is 25.9. The summed E-state index contributed by atoms with van der Waals surface area (Å²) in [6.45, 7) is 0.881. The number of aliphatic hydroxyl groups is 1. The van der Waals surface area contributed by atoms with Crippen LogP contribution in [0.4, 0.5) is 24.5 Å². The number of anilines is 2. The number of ketones is 1. The Bertz CT molecular complexity index is 994. The minimum Gasteiger partial charge on any atom is -0.389 e. The summed E-state index contributed by atoms with van der Waals surface area (Å²) in [5.74, 6) is -0.151. The molecule has 1 heterocycles. The highest BCUT2D eigenvalue weighted by atomic mass is 19.4. The standard InChI is InChI=1S/C23H23F3N2O3/c24-23(25,26)17-2-5-19(6-3-17)28-9-7-22(31,8-10-28)14-21(30)27-18-4-1-15-12-20(29)13-16(15)11-18/h1-6,11,31H,7-10,12-14H2,(H,27,30).